The molecule has 1 aliphatic heterocycles. The molecule has 0 bridgehead atoms. The van der Waals surface area contributed by atoms with E-state index < -0.39 is 0 Å². The molecule has 1 aliphatic rings. The molecule has 1 heterocycles. The molecule has 1 aromatic rings. The average molecular weight is 283 g/mol. The fourth-order valence-electron chi connectivity index (χ4n) is 2.33. The lowest BCUT2D eigenvalue weighted by Gasteiger charge is -2.30. The zero-order valence-corrected chi connectivity index (χ0v) is 11.4. The van der Waals surface area contributed by atoms with Crippen LogP contribution in [-0.4, -0.2) is 20.1 Å². The van der Waals surface area contributed by atoms with Crippen LogP contribution in [0.3, 0.4) is 0 Å². The third-order valence-corrected chi connectivity index (χ3v) is 3.60. The van der Waals surface area contributed by atoms with Crippen molar-refractivity contribution in [3.8, 4) is 0 Å². The van der Waals surface area contributed by atoms with Crippen LogP contribution in [0.1, 0.15) is 24.8 Å². The normalized spacial score (nSPS) is 16.5. The largest absolute Gasteiger partial charge is 0.371 e. The quantitative estimate of drug-likeness (QED) is 0.916. The Labute approximate surface area is 106 Å². The Morgan fingerprint density at radius 1 is 1.25 bits per heavy atom. The highest BCUT2D eigenvalue weighted by atomic mass is 79.9. The molecule has 0 radical (unpaired) electrons. The standard InChI is InChI=1S/C13H19BrN2/c1-15-10-11-9-12(14)5-6-13(11)16-7-3-2-4-8-16/h5-6,9,15H,2-4,7-8,10H2,1H3. The first-order valence-corrected chi connectivity index (χ1v) is 6.78. The van der Waals surface area contributed by atoms with Gasteiger partial charge in [0.05, 0.1) is 0 Å². The van der Waals surface area contributed by atoms with E-state index in [-0.39, 0.29) is 0 Å². The van der Waals surface area contributed by atoms with Crippen LogP contribution in [0, 0.1) is 0 Å². The number of nitrogens with one attached hydrogen (secondary N) is 1. The molecule has 1 saturated heterocycles. The zero-order chi connectivity index (χ0) is 11.4. The smallest absolute Gasteiger partial charge is 0.0412 e. The van der Waals surface area contributed by atoms with Gasteiger partial charge in [-0.2, -0.15) is 0 Å². The predicted octanol–water partition coefficient (Wildman–Crippen LogP) is 3.16. The van der Waals surface area contributed by atoms with E-state index in [1.807, 2.05) is 7.05 Å². The van der Waals surface area contributed by atoms with Gasteiger partial charge in [0.1, 0.15) is 0 Å². The van der Waals surface area contributed by atoms with Crippen molar-refractivity contribution in [1.29, 1.82) is 0 Å². The molecule has 1 aromatic carbocycles. The number of hydrogen-bond acceptors (Lipinski definition) is 2. The zero-order valence-electron chi connectivity index (χ0n) is 9.80. The van der Waals surface area contributed by atoms with E-state index >= 15 is 0 Å². The van der Waals surface area contributed by atoms with Crippen LogP contribution < -0.4 is 10.2 Å². The second kappa shape index (κ2) is 5.69. The number of piperidine rings is 1. The summed E-state index contributed by atoms with van der Waals surface area (Å²) < 4.78 is 1.17. The van der Waals surface area contributed by atoms with Gasteiger partial charge in [0, 0.05) is 29.8 Å². The topological polar surface area (TPSA) is 15.3 Å². The maximum Gasteiger partial charge on any atom is 0.0412 e. The third kappa shape index (κ3) is 2.77. The second-order valence-electron chi connectivity index (χ2n) is 4.35. The summed E-state index contributed by atoms with van der Waals surface area (Å²) in [7, 11) is 2.00. The van der Waals surface area contributed by atoms with Gasteiger partial charge >= 0.3 is 0 Å². The van der Waals surface area contributed by atoms with Crippen molar-refractivity contribution in [2.45, 2.75) is 25.8 Å². The Morgan fingerprint density at radius 2 is 2.00 bits per heavy atom. The first-order valence-electron chi connectivity index (χ1n) is 5.99. The Kier molecular flexibility index (Phi) is 4.24. The Bertz CT molecular complexity index is 346. The highest BCUT2D eigenvalue weighted by Gasteiger charge is 2.14. The summed E-state index contributed by atoms with van der Waals surface area (Å²) in [4.78, 5) is 2.52. The van der Waals surface area contributed by atoms with Crippen LogP contribution in [0.15, 0.2) is 22.7 Å². The van der Waals surface area contributed by atoms with Gasteiger partial charge < -0.3 is 10.2 Å². The first-order chi connectivity index (χ1) is 7.81. The fraction of sp³-hybridized carbons (Fsp3) is 0.538. The van der Waals surface area contributed by atoms with E-state index in [1.165, 1.54) is 48.1 Å². The molecule has 2 rings (SSSR count). The summed E-state index contributed by atoms with van der Waals surface area (Å²) in [6, 6.07) is 6.60. The second-order valence-corrected chi connectivity index (χ2v) is 5.27. The number of hydrogen-bond donors (Lipinski definition) is 1. The number of nitrogens with zero attached hydrogens (tertiary/aromatic N) is 1. The van der Waals surface area contributed by atoms with Crippen molar-refractivity contribution < 1.29 is 0 Å². The molecule has 0 spiro atoms. The minimum Gasteiger partial charge on any atom is -0.371 e. The lowest BCUT2D eigenvalue weighted by atomic mass is 10.1. The van der Waals surface area contributed by atoms with Crippen molar-refractivity contribution in [2.24, 2.45) is 0 Å². The molecule has 0 unspecified atom stereocenters. The van der Waals surface area contributed by atoms with Crippen LogP contribution in [0.5, 0.6) is 0 Å². The van der Waals surface area contributed by atoms with Crippen molar-refractivity contribution in [1.82, 2.24) is 5.32 Å². The van der Waals surface area contributed by atoms with E-state index in [4.69, 9.17) is 0 Å². The summed E-state index contributed by atoms with van der Waals surface area (Å²) in [5.41, 5.74) is 2.79. The lowest BCUT2D eigenvalue weighted by Crippen LogP contribution is -2.30. The van der Waals surface area contributed by atoms with Gasteiger partial charge in [0.2, 0.25) is 0 Å². The minimum absolute atomic E-state index is 0.936. The van der Waals surface area contributed by atoms with Gasteiger partial charge in [-0.05, 0) is 50.1 Å². The Balaban J connectivity index is 2.23. The molecule has 16 heavy (non-hydrogen) atoms. The van der Waals surface area contributed by atoms with Crippen molar-refractivity contribution in [2.75, 3.05) is 25.0 Å². The third-order valence-electron chi connectivity index (χ3n) is 3.11. The molecule has 2 nitrogen and oxygen atoms in total. The molecular weight excluding hydrogens is 264 g/mol. The summed E-state index contributed by atoms with van der Waals surface area (Å²) in [5, 5.41) is 3.24. The summed E-state index contributed by atoms with van der Waals surface area (Å²) >= 11 is 3.54. The van der Waals surface area contributed by atoms with E-state index in [2.05, 4.69) is 44.3 Å². The summed E-state index contributed by atoms with van der Waals surface area (Å²) in [5.74, 6) is 0. The summed E-state index contributed by atoms with van der Waals surface area (Å²) in [6.07, 6.45) is 4.04. The molecule has 0 aliphatic carbocycles. The first kappa shape index (κ1) is 11.9. The maximum absolute atomic E-state index is 3.54. The molecule has 1 fully saturated rings. The van der Waals surface area contributed by atoms with Gasteiger partial charge in [0.25, 0.3) is 0 Å². The number of halogens is 1. The average Bonchev–Trinajstić information content (AvgIpc) is 2.31. The molecule has 0 atom stereocenters. The Morgan fingerprint density at radius 3 is 2.69 bits per heavy atom. The molecule has 1 N–H and O–H groups in total. The van der Waals surface area contributed by atoms with Crippen molar-refractivity contribution >= 4 is 21.6 Å². The lowest BCUT2D eigenvalue weighted by molar-refractivity contribution is 0.575. The number of benzene rings is 1. The maximum atomic E-state index is 3.54. The van der Waals surface area contributed by atoms with E-state index in [1.54, 1.807) is 0 Å². The minimum atomic E-state index is 0.936. The molecule has 3 heteroatoms. The predicted molar refractivity (Wildman–Crippen MR) is 73.0 cm³/mol. The number of rotatable bonds is 3. The molecule has 0 aromatic heterocycles. The highest BCUT2D eigenvalue weighted by Crippen LogP contribution is 2.27. The Hall–Kier alpha value is -0.540. The van der Waals surface area contributed by atoms with Gasteiger partial charge in [-0.25, -0.2) is 0 Å². The molecular formula is C13H19BrN2. The van der Waals surface area contributed by atoms with Gasteiger partial charge in [-0.3, -0.25) is 0 Å². The van der Waals surface area contributed by atoms with Gasteiger partial charge in [-0.1, -0.05) is 15.9 Å². The van der Waals surface area contributed by atoms with E-state index in [0.717, 1.165) is 6.54 Å². The van der Waals surface area contributed by atoms with Gasteiger partial charge in [0.15, 0.2) is 0 Å². The van der Waals surface area contributed by atoms with Crippen LogP contribution in [-0.2, 0) is 6.54 Å². The molecule has 88 valence electrons. The van der Waals surface area contributed by atoms with Crippen LogP contribution in [0.25, 0.3) is 0 Å². The van der Waals surface area contributed by atoms with Crippen molar-refractivity contribution in [3.05, 3.63) is 28.2 Å². The van der Waals surface area contributed by atoms with Crippen molar-refractivity contribution in [3.63, 3.8) is 0 Å². The highest BCUT2D eigenvalue weighted by molar-refractivity contribution is 9.10. The van der Waals surface area contributed by atoms with Gasteiger partial charge in [-0.15, -0.1) is 0 Å². The van der Waals surface area contributed by atoms with Crippen LogP contribution in [0.2, 0.25) is 0 Å². The molecule has 0 amide bonds. The molecule has 0 saturated carbocycles. The SMILES string of the molecule is CNCc1cc(Br)ccc1N1CCCCC1. The van der Waals surface area contributed by atoms with E-state index in [0.29, 0.717) is 0 Å². The van der Waals surface area contributed by atoms with Crippen LogP contribution in [0.4, 0.5) is 5.69 Å². The summed E-state index contributed by atoms with van der Waals surface area (Å²) in [6.45, 7) is 3.35. The monoisotopic (exact) mass is 282 g/mol. The van der Waals surface area contributed by atoms with Crippen LogP contribution >= 0.6 is 15.9 Å². The number of anilines is 1. The fourth-order valence-corrected chi connectivity index (χ4v) is 2.74. The van der Waals surface area contributed by atoms with E-state index in [9.17, 15) is 0 Å².